The Kier molecular flexibility index (Phi) is 22.2. The fourth-order valence-corrected chi connectivity index (χ4v) is 12.6. The number of amides is 1. The van der Waals surface area contributed by atoms with Gasteiger partial charge in [0.05, 0.1) is 84.6 Å². The molecule has 4 aromatic carbocycles. The van der Waals surface area contributed by atoms with E-state index in [1.54, 1.807) is 0 Å². The highest BCUT2D eigenvalue weighted by molar-refractivity contribution is 5.90. The van der Waals surface area contributed by atoms with Gasteiger partial charge in [0.1, 0.15) is 11.0 Å². The van der Waals surface area contributed by atoms with Gasteiger partial charge in [-0.3, -0.25) is 9.69 Å². The van der Waals surface area contributed by atoms with E-state index in [2.05, 4.69) is 129 Å². The van der Waals surface area contributed by atoms with Gasteiger partial charge in [-0.15, -0.1) is 0 Å². The lowest BCUT2D eigenvalue weighted by molar-refractivity contribution is -0.949. The van der Waals surface area contributed by atoms with Crippen LogP contribution in [0.25, 0.3) is 0 Å². The van der Waals surface area contributed by atoms with Crippen molar-refractivity contribution in [3.8, 4) is 0 Å². The second-order valence-corrected chi connectivity index (χ2v) is 23.7. The molecular formula is C64H102N5O3+3. The Bertz CT molecular complexity index is 2070. The highest BCUT2D eigenvalue weighted by Crippen LogP contribution is 2.43. The van der Waals surface area contributed by atoms with Crippen LogP contribution < -0.4 is 5.73 Å². The SMILES string of the molecule is CC(C)[N+](C)(CCC(C(N)=O)(c1ccccc1)c1ccccc1)C(C)C.CC[N+](CC)(CC)CCC(O)(c1ccccc1)C1CCCCC1.C[N+]1(C)CCN(CC(O)(c2ccccc2)C2CCCCC2)CC1. The minimum atomic E-state index is -0.814. The Morgan fingerprint density at radius 2 is 0.944 bits per heavy atom. The largest absolute Gasteiger partial charge is 0.385 e. The fourth-order valence-electron chi connectivity index (χ4n) is 12.6. The van der Waals surface area contributed by atoms with Crippen LogP contribution in [-0.2, 0) is 21.4 Å². The van der Waals surface area contributed by atoms with Crippen LogP contribution in [0.15, 0.2) is 121 Å². The molecule has 2 saturated carbocycles. The van der Waals surface area contributed by atoms with E-state index in [1.807, 2.05) is 66.7 Å². The Labute approximate surface area is 439 Å². The summed E-state index contributed by atoms with van der Waals surface area (Å²) in [5, 5.41) is 23.5. The molecule has 4 N–H and O–H groups in total. The van der Waals surface area contributed by atoms with Crippen molar-refractivity contribution in [1.29, 1.82) is 0 Å². The number of nitrogens with zero attached hydrogens (tertiary/aromatic N) is 4. The van der Waals surface area contributed by atoms with E-state index in [0.29, 0.717) is 30.3 Å². The van der Waals surface area contributed by atoms with Crippen molar-refractivity contribution >= 4 is 5.91 Å². The highest BCUT2D eigenvalue weighted by atomic mass is 16.3. The first-order valence-electron chi connectivity index (χ1n) is 28.6. The summed E-state index contributed by atoms with van der Waals surface area (Å²) in [5.41, 5.74) is 8.12. The van der Waals surface area contributed by atoms with Crippen LogP contribution in [0.2, 0.25) is 0 Å². The van der Waals surface area contributed by atoms with E-state index in [-0.39, 0.29) is 5.91 Å². The van der Waals surface area contributed by atoms with E-state index in [4.69, 9.17) is 5.73 Å². The summed E-state index contributed by atoms with van der Waals surface area (Å²) in [6.07, 6.45) is 14.0. The van der Waals surface area contributed by atoms with Gasteiger partial charge in [-0.1, -0.05) is 160 Å². The summed E-state index contributed by atoms with van der Waals surface area (Å²) >= 11 is 0. The van der Waals surface area contributed by atoms with Gasteiger partial charge in [0.25, 0.3) is 0 Å². The maximum absolute atomic E-state index is 12.9. The molecule has 0 aromatic heterocycles. The molecule has 4 aromatic rings. The molecule has 398 valence electrons. The van der Waals surface area contributed by atoms with Crippen LogP contribution in [0.3, 0.4) is 0 Å². The molecule has 2 aliphatic carbocycles. The van der Waals surface area contributed by atoms with Crippen LogP contribution in [0.4, 0.5) is 0 Å². The van der Waals surface area contributed by atoms with Crippen LogP contribution in [-0.4, -0.2) is 133 Å². The molecule has 0 bridgehead atoms. The monoisotopic (exact) mass is 989 g/mol. The van der Waals surface area contributed by atoms with Crippen LogP contribution in [0, 0.1) is 11.8 Å². The number of benzene rings is 4. The molecule has 1 amide bonds. The molecule has 1 saturated heterocycles. The number of piperazine rings is 1. The molecule has 72 heavy (non-hydrogen) atoms. The number of quaternary nitrogens is 3. The summed E-state index contributed by atoms with van der Waals surface area (Å²) in [6, 6.07) is 41.8. The molecule has 3 aliphatic rings. The number of hydrogen-bond acceptors (Lipinski definition) is 4. The number of carbonyl (C=O) groups is 1. The van der Waals surface area contributed by atoms with Gasteiger partial charge in [0, 0.05) is 32.5 Å². The number of β-amino-alcohol motifs (C(OH)–C–C–N with tert-alkyl or cyclic N) is 1. The smallest absolute Gasteiger partial charge is 0.232 e. The first kappa shape index (κ1) is 59.0. The Morgan fingerprint density at radius 1 is 0.583 bits per heavy atom. The zero-order valence-electron chi connectivity index (χ0n) is 47.1. The first-order chi connectivity index (χ1) is 34.3. The number of rotatable bonds is 20. The number of carbonyl (C=O) groups excluding carboxylic acids is 1. The quantitative estimate of drug-likeness (QED) is 0.0770. The topological polar surface area (TPSA) is 86.8 Å². The van der Waals surface area contributed by atoms with Gasteiger partial charge in [-0.05, 0) is 108 Å². The molecule has 3 fully saturated rings. The van der Waals surface area contributed by atoms with Crippen molar-refractivity contribution in [2.24, 2.45) is 17.6 Å². The zero-order chi connectivity index (χ0) is 52.5. The highest BCUT2D eigenvalue weighted by Gasteiger charge is 2.45. The summed E-state index contributed by atoms with van der Waals surface area (Å²) in [5.74, 6) is 0.545. The summed E-state index contributed by atoms with van der Waals surface area (Å²) in [6.45, 7) is 26.6. The van der Waals surface area contributed by atoms with Crippen molar-refractivity contribution in [2.45, 2.75) is 154 Å². The molecule has 2 unspecified atom stereocenters. The van der Waals surface area contributed by atoms with Crippen molar-refractivity contribution in [3.63, 3.8) is 0 Å². The second-order valence-electron chi connectivity index (χ2n) is 23.7. The van der Waals surface area contributed by atoms with Crippen LogP contribution in [0.1, 0.15) is 148 Å². The van der Waals surface area contributed by atoms with E-state index >= 15 is 0 Å². The van der Waals surface area contributed by atoms with Gasteiger partial charge >= 0.3 is 0 Å². The van der Waals surface area contributed by atoms with Crippen molar-refractivity contribution in [3.05, 3.63) is 144 Å². The molecule has 0 spiro atoms. The van der Waals surface area contributed by atoms with Crippen molar-refractivity contribution in [1.82, 2.24) is 4.90 Å². The number of primary amides is 1. The lowest BCUT2D eigenvalue weighted by atomic mass is 9.71. The number of likely N-dealkylation sites (N-methyl/N-ethyl adjacent to an activating group) is 1. The lowest BCUT2D eigenvalue weighted by Crippen LogP contribution is -2.58. The lowest BCUT2D eigenvalue weighted by Gasteiger charge is -2.45. The van der Waals surface area contributed by atoms with Crippen LogP contribution >= 0.6 is 0 Å². The van der Waals surface area contributed by atoms with Gasteiger partial charge in [-0.2, -0.15) is 0 Å². The number of aliphatic hydroxyl groups is 2. The third kappa shape index (κ3) is 14.7. The Hall–Kier alpha value is -3.89. The average molecular weight is 990 g/mol. The summed E-state index contributed by atoms with van der Waals surface area (Å²) in [4.78, 5) is 15.4. The van der Waals surface area contributed by atoms with Gasteiger partial charge in [0.15, 0.2) is 0 Å². The third-order valence-electron chi connectivity index (χ3n) is 18.9. The molecular weight excluding hydrogens is 887 g/mol. The second kappa shape index (κ2) is 27.1. The summed E-state index contributed by atoms with van der Waals surface area (Å²) in [7, 11) is 6.89. The van der Waals surface area contributed by atoms with E-state index < -0.39 is 16.6 Å². The molecule has 2 atom stereocenters. The average Bonchev–Trinajstić information content (AvgIpc) is 3.41. The minimum absolute atomic E-state index is 0.283. The molecule has 1 aliphatic heterocycles. The Balaban J connectivity index is 0.000000201. The number of hydrogen-bond donors (Lipinski definition) is 3. The van der Waals surface area contributed by atoms with E-state index in [9.17, 15) is 15.0 Å². The predicted octanol–water partition coefficient (Wildman–Crippen LogP) is 11.7. The predicted molar refractivity (Wildman–Crippen MR) is 302 cm³/mol. The van der Waals surface area contributed by atoms with Crippen molar-refractivity contribution in [2.75, 3.05) is 86.6 Å². The third-order valence-corrected chi connectivity index (χ3v) is 18.9. The first-order valence-corrected chi connectivity index (χ1v) is 28.6. The maximum atomic E-state index is 12.9. The van der Waals surface area contributed by atoms with Gasteiger partial charge in [0.2, 0.25) is 5.91 Å². The maximum Gasteiger partial charge on any atom is 0.232 e. The number of nitrogens with two attached hydrogens (primary N) is 1. The van der Waals surface area contributed by atoms with E-state index in [1.165, 1.54) is 77.3 Å². The Morgan fingerprint density at radius 3 is 1.31 bits per heavy atom. The summed E-state index contributed by atoms with van der Waals surface area (Å²) < 4.78 is 3.11. The fraction of sp³-hybridized carbons (Fsp3) is 0.609. The van der Waals surface area contributed by atoms with Gasteiger partial charge < -0.3 is 29.4 Å². The van der Waals surface area contributed by atoms with Crippen LogP contribution in [0.5, 0.6) is 0 Å². The molecule has 1 heterocycles. The molecule has 8 nitrogen and oxygen atoms in total. The molecule has 8 heteroatoms. The minimum Gasteiger partial charge on any atom is -0.385 e. The zero-order valence-corrected chi connectivity index (χ0v) is 47.1. The van der Waals surface area contributed by atoms with Crippen molar-refractivity contribution < 1.29 is 28.5 Å². The molecule has 0 radical (unpaired) electrons. The standard InChI is InChI=1S/C23H32N2O.C21H36NO.C20H33N2O/c1-18(2)25(5,19(3)4)17-16-23(22(24)26,20-12-8-6-9-13-20)21-14-10-7-11-15-21;1-4-22(5-2,6-3)18-17-21(23,19-13-9-7-10-14-19)20-15-11-8-12-16-20;1-22(2)15-13-21(14-16-22)17-20(23,18-9-5-3-6-10-18)19-11-7-4-8-12-19/h6-15,18-19H,16-17H2,1-5H3,(H-,24,26);7,9-10,13-14,20,23H,4-6,8,11-12,15-18H2,1-3H3;3,5-6,9-10,19,23H,4,7-8,11-17H2,1-2H3/q;2*+1/p+1. The normalized spacial score (nSPS) is 19.0. The van der Waals surface area contributed by atoms with E-state index in [0.717, 1.165) is 94.5 Å². The van der Waals surface area contributed by atoms with Gasteiger partial charge in [-0.25, -0.2) is 0 Å². The molecule has 7 rings (SSSR count).